The predicted molar refractivity (Wildman–Crippen MR) is 119 cm³/mol. The van der Waals surface area contributed by atoms with Gasteiger partial charge in [0.1, 0.15) is 5.75 Å². The lowest BCUT2D eigenvalue weighted by Gasteiger charge is -2.32. The molecule has 1 saturated heterocycles. The number of rotatable bonds is 7. The van der Waals surface area contributed by atoms with Gasteiger partial charge in [-0.2, -0.15) is 0 Å². The van der Waals surface area contributed by atoms with E-state index in [1.165, 1.54) is 0 Å². The van der Waals surface area contributed by atoms with Crippen LogP contribution in [0.1, 0.15) is 41.0 Å². The van der Waals surface area contributed by atoms with E-state index in [9.17, 15) is 9.59 Å². The summed E-state index contributed by atoms with van der Waals surface area (Å²) in [5.41, 5.74) is 1.71. The molecule has 6 heteroatoms. The van der Waals surface area contributed by atoms with Gasteiger partial charge in [-0.05, 0) is 55.8 Å². The number of hydrogen-bond donors (Lipinski definition) is 1. The van der Waals surface area contributed by atoms with Gasteiger partial charge in [0.2, 0.25) is 0 Å². The predicted octanol–water partition coefficient (Wildman–Crippen LogP) is 3.75. The number of carbonyl (C=O) groups is 2. The Kier molecular flexibility index (Phi) is 7.46. The lowest BCUT2D eigenvalue weighted by Crippen LogP contribution is -2.47. The quantitative estimate of drug-likeness (QED) is 0.757. The molecule has 0 radical (unpaired) electrons. The molecular formula is C24H31N3O3. The van der Waals surface area contributed by atoms with Crippen LogP contribution in [0.5, 0.6) is 5.75 Å². The van der Waals surface area contributed by atoms with Gasteiger partial charge in [-0.3, -0.25) is 9.59 Å². The maximum absolute atomic E-state index is 12.8. The van der Waals surface area contributed by atoms with Crippen LogP contribution in [0.15, 0.2) is 48.5 Å². The number of likely N-dealkylation sites (N-methyl/N-ethyl adjacent to an activating group) is 1. The first kappa shape index (κ1) is 21.8. The Morgan fingerprint density at radius 1 is 1.00 bits per heavy atom. The fourth-order valence-electron chi connectivity index (χ4n) is 3.26. The van der Waals surface area contributed by atoms with Gasteiger partial charge >= 0.3 is 0 Å². The van der Waals surface area contributed by atoms with Gasteiger partial charge in [0.05, 0.1) is 6.61 Å². The van der Waals surface area contributed by atoms with Crippen LogP contribution in [0.4, 0.5) is 5.69 Å². The van der Waals surface area contributed by atoms with Crippen molar-refractivity contribution in [2.24, 2.45) is 5.92 Å². The van der Waals surface area contributed by atoms with Crippen molar-refractivity contribution < 1.29 is 14.3 Å². The van der Waals surface area contributed by atoms with Gasteiger partial charge in [0.15, 0.2) is 0 Å². The summed E-state index contributed by atoms with van der Waals surface area (Å²) in [7, 11) is 2.06. The Morgan fingerprint density at radius 3 is 2.43 bits per heavy atom. The third-order valence-electron chi connectivity index (χ3n) is 5.22. The Balaban J connectivity index is 1.63. The van der Waals surface area contributed by atoms with Crippen molar-refractivity contribution >= 4 is 17.5 Å². The van der Waals surface area contributed by atoms with E-state index in [4.69, 9.17) is 4.74 Å². The van der Waals surface area contributed by atoms with Crippen LogP contribution in [0.25, 0.3) is 0 Å². The van der Waals surface area contributed by atoms with E-state index in [0.717, 1.165) is 32.6 Å². The van der Waals surface area contributed by atoms with E-state index in [2.05, 4.69) is 31.1 Å². The summed E-state index contributed by atoms with van der Waals surface area (Å²) in [5.74, 6) is 1.02. The maximum Gasteiger partial charge on any atom is 0.255 e. The van der Waals surface area contributed by atoms with Crippen LogP contribution in [-0.4, -0.2) is 61.4 Å². The molecular weight excluding hydrogens is 378 g/mol. The van der Waals surface area contributed by atoms with Crippen molar-refractivity contribution in [1.29, 1.82) is 0 Å². The molecule has 160 valence electrons. The minimum atomic E-state index is -0.228. The van der Waals surface area contributed by atoms with Crippen molar-refractivity contribution in [2.45, 2.75) is 20.3 Å². The largest absolute Gasteiger partial charge is 0.494 e. The zero-order valence-electron chi connectivity index (χ0n) is 18.1. The third kappa shape index (κ3) is 6.07. The number of carbonyl (C=O) groups excluding carboxylic acids is 2. The van der Waals surface area contributed by atoms with Crippen molar-refractivity contribution in [1.82, 2.24) is 9.80 Å². The maximum atomic E-state index is 12.8. The number of nitrogens with one attached hydrogen (secondary N) is 1. The summed E-state index contributed by atoms with van der Waals surface area (Å²) in [6, 6.07) is 14.3. The van der Waals surface area contributed by atoms with Gasteiger partial charge in [0, 0.05) is 43.0 Å². The molecule has 6 nitrogen and oxygen atoms in total. The molecule has 3 rings (SSSR count). The van der Waals surface area contributed by atoms with Crippen LogP contribution < -0.4 is 10.1 Å². The van der Waals surface area contributed by atoms with Crippen molar-refractivity contribution in [2.75, 3.05) is 45.2 Å². The third-order valence-corrected chi connectivity index (χ3v) is 5.22. The highest BCUT2D eigenvalue weighted by atomic mass is 16.5. The van der Waals surface area contributed by atoms with Crippen molar-refractivity contribution in [3.8, 4) is 5.75 Å². The Morgan fingerprint density at radius 2 is 1.70 bits per heavy atom. The van der Waals surface area contributed by atoms with Gasteiger partial charge in [-0.15, -0.1) is 0 Å². The molecule has 0 saturated carbocycles. The highest BCUT2D eigenvalue weighted by Gasteiger charge is 2.20. The molecule has 1 aliphatic rings. The number of ether oxygens (including phenoxy) is 1. The number of hydrogen-bond acceptors (Lipinski definition) is 4. The summed E-state index contributed by atoms with van der Waals surface area (Å²) < 4.78 is 5.75. The van der Waals surface area contributed by atoms with Crippen molar-refractivity contribution in [3.63, 3.8) is 0 Å². The van der Waals surface area contributed by atoms with E-state index in [1.807, 2.05) is 17.0 Å². The van der Waals surface area contributed by atoms with E-state index in [1.54, 1.807) is 36.4 Å². The average molecular weight is 410 g/mol. The molecule has 0 aliphatic carbocycles. The molecule has 0 spiro atoms. The second-order valence-electron chi connectivity index (χ2n) is 8.19. The number of benzene rings is 2. The highest BCUT2D eigenvalue weighted by Crippen LogP contribution is 2.18. The first-order valence-corrected chi connectivity index (χ1v) is 10.5. The topological polar surface area (TPSA) is 61.9 Å². The van der Waals surface area contributed by atoms with Crippen LogP contribution in [0, 0.1) is 5.92 Å². The standard InChI is InChI=1S/C24H31N3O3/c1-18(2)10-15-30-22-9-5-6-19(17-22)23(28)25-21-8-4-7-20(16-21)24(29)27-13-11-26(3)12-14-27/h4-9,16-18H,10-15H2,1-3H3,(H,25,28). The molecule has 1 fully saturated rings. The molecule has 2 aromatic carbocycles. The van der Waals surface area contributed by atoms with E-state index >= 15 is 0 Å². The summed E-state index contributed by atoms with van der Waals surface area (Å²) in [5, 5.41) is 2.89. The van der Waals surface area contributed by atoms with Gasteiger partial charge in [-0.1, -0.05) is 26.0 Å². The molecule has 30 heavy (non-hydrogen) atoms. The van der Waals surface area contributed by atoms with Crippen molar-refractivity contribution in [3.05, 3.63) is 59.7 Å². The molecule has 1 aliphatic heterocycles. The van der Waals surface area contributed by atoms with Gasteiger partial charge < -0.3 is 19.9 Å². The van der Waals surface area contributed by atoms with Gasteiger partial charge in [-0.25, -0.2) is 0 Å². The minimum absolute atomic E-state index is 0.000233. The summed E-state index contributed by atoms with van der Waals surface area (Å²) in [6.07, 6.45) is 0.963. The van der Waals surface area contributed by atoms with E-state index in [-0.39, 0.29) is 11.8 Å². The minimum Gasteiger partial charge on any atom is -0.494 e. The van der Waals surface area contributed by atoms with E-state index in [0.29, 0.717) is 35.1 Å². The first-order chi connectivity index (χ1) is 14.4. The molecule has 0 aromatic heterocycles. The number of anilines is 1. The summed E-state index contributed by atoms with van der Waals surface area (Å²) in [6.45, 7) is 8.10. The van der Waals surface area contributed by atoms with Crippen LogP contribution >= 0.6 is 0 Å². The lowest BCUT2D eigenvalue weighted by molar-refractivity contribution is 0.0664. The molecule has 2 aromatic rings. The van der Waals surface area contributed by atoms with Gasteiger partial charge in [0.25, 0.3) is 11.8 Å². The second kappa shape index (κ2) is 10.3. The van der Waals surface area contributed by atoms with E-state index < -0.39 is 0 Å². The highest BCUT2D eigenvalue weighted by molar-refractivity contribution is 6.05. The smallest absolute Gasteiger partial charge is 0.255 e. The normalized spacial score (nSPS) is 14.6. The zero-order valence-corrected chi connectivity index (χ0v) is 18.1. The Labute approximate surface area is 178 Å². The molecule has 2 amide bonds. The SMILES string of the molecule is CC(C)CCOc1cccc(C(=O)Nc2cccc(C(=O)N3CCN(C)CC3)c2)c1. The zero-order chi connectivity index (χ0) is 21.5. The summed E-state index contributed by atoms with van der Waals surface area (Å²) in [4.78, 5) is 29.6. The molecule has 1 N–H and O–H groups in total. The fourth-order valence-corrected chi connectivity index (χ4v) is 3.26. The number of piperazine rings is 1. The first-order valence-electron chi connectivity index (χ1n) is 10.5. The average Bonchev–Trinajstić information content (AvgIpc) is 2.74. The fraction of sp³-hybridized carbons (Fsp3) is 0.417. The molecule has 0 unspecified atom stereocenters. The molecule has 0 bridgehead atoms. The second-order valence-corrected chi connectivity index (χ2v) is 8.19. The lowest BCUT2D eigenvalue weighted by atomic mass is 10.1. The monoisotopic (exact) mass is 409 g/mol. The molecule has 0 atom stereocenters. The van der Waals surface area contributed by atoms with Crippen LogP contribution in [-0.2, 0) is 0 Å². The number of nitrogens with zero attached hydrogens (tertiary/aromatic N) is 2. The van der Waals surface area contributed by atoms with Crippen LogP contribution in [0.2, 0.25) is 0 Å². The Hall–Kier alpha value is -2.86. The molecule has 1 heterocycles. The van der Waals surface area contributed by atoms with Crippen LogP contribution in [0.3, 0.4) is 0 Å². The summed E-state index contributed by atoms with van der Waals surface area (Å²) >= 11 is 0. The number of amides is 2. The Bertz CT molecular complexity index is 874.